The summed E-state index contributed by atoms with van der Waals surface area (Å²) >= 11 is 0. The van der Waals surface area contributed by atoms with Gasteiger partial charge in [-0.1, -0.05) is 36.4 Å². The number of benzene rings is 1. The Bertz CT molecular complexity index is 115. The van der Waals surface area contributed by atoms with E-state index >= 15 is 0 Å². The van der Waals surface area contributed by atoms with Crippen LogP contribution in [0.3, 0.4) is 0 Å². The first-order valence-corrected chi connectivity index (χ1v) is 2.47. The summed E-state index contributed by atoms with van der Waals surface area (Å²) in [4.78, 5) is 8.25. The van der Waals surface area contributed by atoms with E-state index in [0.717, 1.165) is 0 Å². The van der Waals surface area contributed by atoms with Gasteiger partial charge in [0.15, 0.2) is 0 Å². The van der Waals surface area contributed by atoms with E-state index in [1.165, 1.54) is 0 Å². The van der Waals surface area contributed by atoms with E-state index in [9.17, 15) is 0 Å². The molecule has 3 heteroatoms. The van der Waals surface area contributed by atoms with Crippen LogP contribution in [0, 0.1) is 0 Å². The Labute approximate surface area is 103 Å². The number of hydrogen-bond acceptors (Lipinski definition) is 2. The third-order valence-electron chi connectivity index (χ3n) is 0.667. The fourth-order valence-corrected chi connectivity index (χ4v) is 0.385. The maximum Gasteiger partial charge on any atom is 1.00 e. The van der Waals surface area contributed by atoms with Gasteiger partial charge in [0.2, 0.25) is 0 Å². The smallest absolute Gasteiger partial charge is 0.554 e. The molecule has 0 heterocycles. The van der Waals surface area contributed by atoms with Gasteiger partial charge in [-0.05, 0) is 0 Å². The first-order chi connectivity index (χ1) is 4.41. The van der Waals surface area contributed by atoms with Crippen LogP contribution < -0.4 is 56.5 Å². The summed E-state index contributed by atoms with van der Waals surface area (Å²) < 4.78 is 0. The molecule has 0 radical (unpaired) electrons. The molecule has 1 rings (SSSR count). The van der Waals surface area contributed by atoms with Gasteiger partial charge in [-0.3, -0.25) is 0 Å². The fourth-order valence-electron chi connectivity index (χ4n) is 0.385. The Hall–Kier alpha value is 0.326. The first kappa shape index (κ1) is 13.0. The molecule has 48 valence electrons. The molecule has 0 N–H and O–H groups in total. The average Bonchev–Trinajstić information content (AvgIpc) is 1.93. The van der Waals surface area contributed by atoms with E-state index in [-0.39, 0.29) is 51.4 Å². The largest absolute Gasteiger partial charge is 1.00 e. The maximum atomic E-state index is 8.25. The van der Waals surface area contributed by atoms with Crippen molar-refractivity contribution < 1.29 is 61.3 Å². The van der Waals surface area contributed by atoms with Crippen molar-refractivity contribution in [1.29, 1.82) is 0 Å². The summed E-state index contributed by atoms with van der Waals surface area (Å²) in [6, 6.07) is 12.0. The molecule has 0 bridgehead atoms. The van der Waals surface area contributed by atoms with E-state index in [0.29, 0.717) is 0 Å². The summed E-state index contributed by atoms with van der Waals surface area (Å²) in [6.07, 6.45) is 0. The van der Waals surface area contributed by atoms with E-state index in [1.54, 1.807) is 0 Å². The molecule has 2 nitrogen and oxygen atoms in total. The zero-order valence-corrected chi connectivity index (χ0v) is 8.98. The van der Waals surface area contributed by atoms with Gasteiger partial charge in [0.05, 0.1) is 0 Å². The van der Waals surface area contributed by atoms with Crippen molar-refractivity contribution in [2.45, 2.75) is 0 Å². The molecular weight excluding hydrogens is 155 g/mol. The minimum atomic E-state index is -0.500. The molecule has 0 unspecified atom stereocenters. The second-order valence-corrected chi connectivity index (χ2v) is 1.25. The van der Waals surface area contributed by atoms with Gasteiger partial charge in [-0.15, -0.1) is 0 Å². The SMILES string of the molecule is O=C[O-].[K+].c1ccccc1. The topological polar surface area (TPSA) is 40.1 Å². The normalized spacial score (nSPS) is 6.00. The summed E-state index contributed by atoms with van der Waals surface area (Å²) in [5, 5.41) is 8.25. The van der Waals surface area contributed by atoms with Gasteiger partial charge in [-0.25, -0.2) is 0 Å². The number of hydrogen-bond donors (Lipinski definition) is 0. The van der Waals surface area contributed by atoms with E-state index in [1.807, 2.05) is 36.4 Å². The second kappa shape index (κ2) is 12.0. The van der Waals surface area contributed by atoms with Gasteiger partial charge in [-0.2, -0.15) is 0 Å². The predicted octanol–water partition coefficient (Wildman–Crippen LogP) is -2.94. The van der Waals surface area contributed by atoms with Crippen LogP contribution in [0.4, 0.5) is 0 Å². The standard InChI is InChI=1S/C6H6.CH2O2.K/c1-2-4-6-5-3-1;2-1-3;/h1-6H;1H,(H,2,3);/q;;+1/p-1. The minimum absolute atomic E-state index is 0. The van der Waals surface area contributed by atoms with Crippen molar-refractivity contribution in [1.82, 2.24) is 0 Å². The van der Waals surface area contributed by atoms with Crippen molar-refractivity contribution >= 4 is 6.47 Å². The van der Waals surface area contributed by atoms with Crippen LogP contribution in [-0.2, 0) is 4.79 Å². The minimum Gasteiger partial charge on any atom is -0.554 e. The quantitative estimate of drug-likeness (QED) is 0.302. The van der Waals surface area contributed by atoms with Crippen LogP contribution in [0.1, 0.15) is 0 Å². The molecular formula is C7H7KO2. The van der Waals surface area contributed by atoms with Gasteiger partial charge in [0, 0.05) is 6.47 Å². The zero-order valence-electron chi connectivity index (χ0n) is 5.86. The first-order valence-electron chi connectivity index (χ1n) is 2.47. The Kier molecular flexibility index (Phi) is 15.6. The number of carbonyl (C=O) groups is 1. The average molecular weight is 162 g/mol. The van der Waals surface area contributed by atoms with Crippen molar-refractivity contribution in [3.05, 3.63) is 36.4 Å². The fraction of sp³-hybridized carbons (Fsp3) is 0. The molecule has 0 amide bonds. The van der Waals surface area contributed by atoms with Crippen molar-refractivity contribution in [2.24, 2.45) is 0 Å². The van der Waals surface area contributed by atoms with Crippen LogP contribution in [0.5, 0.6) is 0 Å². The summed E-state index contributed by atoms with van der Waals surface area (Å²) in [6.45, 7) is -0.500. The van der Waals surface area contributed by atoms with Crippen LogP contribution in [0.25, 0.3) is 0 Å². The molecule has 1 aromatic carbocycles. The molecule has 10 heavy (non-hydrogen) atoms. The monoisotopic (exact) mass is 162 g/mol. The Morgan fingerprint density at radius 1 is 0.900 bits per heavy atom. The van der Waals surface area contributed by atoms with E-state index < -0.39 is 6.47 Å². The van der Waals surface area contributed by atoms with Crippen molar-refractivity contribution in [3.8, 4) is 0 Å². The van der Waals surface area contributed by atoms with Crippen molar-refractivity contribution in [3.63, 3.8) is 0 Å². The summed E-state index contributed by atoms with van der Waals surface area (Å²) in [7, 11) is 0. The van der Waals surface area contributed by atoms with E-state index in [4.69, 9.17) is 9.90 Å². The molecule has 0 spiro atoms. The summed E-state index contributed by atoms with van der Waals surface area (Å²) in [5.41, 5.74) is 0. The maximum absolute atomic E-state index is 8.25. The second-order valence-electron chi connectivity index (χ2n) is 1.25. The van der Waals surface area contributed by atoms with Crippen LogP contribution in [-0.4, -0.2) is 6.47 Å². The van der Waals surface area contributed by atoms with Gasteiger partial charge in [0.1, 0.15) is 0 Å². The Balaban J connectivity index is 0. The van der Waals surface area contributed by atoms with E-state index in [2.05, 4.69) is 0 Å². The third kappa shape index (κ3) is 11.2. The molecule has 0 saturated carbocycles. The van der Waals surface area contributed by atoms with Gasteiger partial charge < -0.3 is 9.90 Å². The molecule has 1 aromatic rings. The molecule has 0 fully saturated rings. The van der Waals surface area contributed by atoms with Gasteiger partial charge in [0.25, 0.3) is 0 Å². The Morgan fingerprint density at radius 2 is 1.00 bits per heavy atom. The van der Waals surface area contributed by atoms with Crippen LogP contribution >= 0.6 is 0 Å². The molecule has 0 atom stereocenters. The molecule has 0 aromatic heterocycles. The number of carboxylic acid groups (broad SMARTS) is 1. The number of carbonyl (C=O) groups excluding carboxylic acids is 1. The van der Waals surface area contributed by atoms with Crippen LogP contribution in [0.15, 0.2) is 36.4 Å². The molecule has 0 saturated heterocycles. The van der Waals surface area contributed by atoms with Crippen LogP contribution in [0.2, 0.25) is 0 Å². The van der Waals surface area contributed by atoms with Gasteiger partial charge >= 0.3 is 51.4 Å². The number of rotatable bonds is 0. The Morgan fingerprint density at radius 3 is 1.10 bits per heavy atom. The molecule has 0 aliphatic heterocycles. The third-order valence-corrected chi connectivity index (χ3v) is 0.667. The zero-order chi connectivity index (χ0) is 6.95. The summed E-state index contributed by atoms with van der Waals surface area (Å²) in [5.74, 6) is 0. The van der Waals surface area contributed by atoms with Crippen molar-refractivity contribution in [2.75, 3.05) is 0 Å². The molecule has 0 aliphatic rings. The predicted molar refractivity (Wildman–Crippen MR) is 32.5 cm³/mol. The molecule has 0 aliphatic carbocycles.